The zero-order valence-electron chi connectivity index (χ0n) is 10.7. The molecule has 0 aromatic heterocycles. The summed E-state index contributed by atoms with van der Waals surface area (Å²) in [5.41, 5.74) is 1.30. The zero-order chi connectivity index (χ0) is 14.0. The second kappa shape index (κ2) is 5.51. The molecule has 0 saturated carbocycles. The van der Waals surface area contributed by atoms with Crippen molar-refractivity contribution in [3.63, 3.8) is 0 Å². The molecule has 0 aliphatic carbocycles. The highest BCUT2D eigenvalue weighted by Gasteiger charge is 2.23. The lowest BCUT2D eigenvalue weighted by Gasteiger charge is -2.17. The molecule has 1 fully saturated rings. The molecule has 1 aliphatic rings. The van der Waals surface area contributed by atoms with Crippen LogP contribution in [0.2, 0.25) is 0 Å². The van der Waals surface area contributed by atoms with E-state index in [0.717, 1.165) is 31.5 Å². The fraction of sp³-hybridized carbons (Fsp3) is 0.462. The van der Waals surface area contributed by atoms with E-state index in [1.165, 1.54) is 12.1 Å². The van der Waals surface area contributed by atoms with Gasteiger partial charge in [0.1, 0.15) is 0 Å². The van der Waals surface area contributed by atoms with Crippen molar-refractivity contribution in [1.29, 1.82) is 0 Å². The van der Waals surface area contributed by atoms with Gasteiger partial charge in [0.25, 0.3) is 15.0 Å². The Morgan fingerprint density at radius 3 is 2.47 bits per heavy atom. The molecule has 104 valence electrons. The molecule has 0 radical (unpaired) electrons. The number of benzene rings is 1. The van der Waals surface area contributed by atoms with Gasteiger partial charge in [0, 0.05) is 29.3 Å². The van der Waals surface area contributed by atoms with Crippen LogP contribution in [0.25, 0.3) is 0 Å². The standard InChI is InChI=1S/C13H16ClNO3S/c1-2-10-5-6-11(19(14,17)18)9-12(10)13(16)15-7-3-4-8-15/h5-6,9H,2-4,7-8H2,1H3. The van der Waals surface area contributed by atoms with Gasteiger partial charge >= 0.3 is 0 Å². The van der Waals surface area contributed by atoms with Gasteiger partial charge in [0.05, 0.1) is 4.90 Å². The number of rotatable bonds is 3. The Bertz CT molecular complexity index is 592. The van der Waals surface area contributed by atoms with Crippen molar-refractivity contribution in [2.75, 3.05) is 13.1 Å². The Balaban J connectivity index is 2.44. The number of amides is 1. The van der Waals surface area contributed by atoms with Crippen LogP contribution >= 0.6 is 10.7 Å². The first-order valence-electron chi connectivity index (χ1n) is 6.30. The zero-order valence-corrected chi connectivity index (χ0v) is 12.3. The van der Waals surface area contributed by atoms with E-state index in [9.17, 15) is 13.2 Å². The highest BCUT2D eigenvalue weighted by Crippen LogP contribution is 2.22. The van der Waals surface area contributed by atoms with Crippen LogP contribution in [-0.2, 0) is 15.5 Å². The quantitative estimate of drug-likeness (QED) is 0.806. The van der Waals surface area contributed by atoms with Crippen LogP contribution in [0.5, 0.6) is 0 Å². The number of carbonyl (C=O) groups excluding carboxylic acids is 1. The maximum absolute atomic E-state index is 12.4. The Morgan fingerprint density at radius 2 is 1.95 bits per heavy atom. The maximum Gasteiger partial charge on any atom is 0.261 e. The van der Waals surface area contributed by atoms with E-state index in [4.69, 9.17) is 10.7 Å². The van der Waals surface area contributed by atoms with Gasteiger partial charge in [-0.1, -0.05) is 13.0 Å². The highest BCUT2D eigenvalue weighted by atomic mass is 35.7. The van der Waals surface area contributed by atoms with Crippen LogP contribution in [0.15, 0.2) is 23.1 Å². The molecule has 1 saturated heterocycles. The number of likely N-dealkylation sites (tertiary alicyclic amines) is 1. The van der Waals surface area contributed by atoms with Crippen LogP contribution in [0.4, 0.5) is 0 Å². The Labute approximate surface area is 117 Å². The summed E-state index contributed by atoms with van der Waals surface area (Å²) in [6, 6.07) is 4.50. The van der Waals surface area contributed by atoms with Crippen molar-refractivity contribution in [2.45, 2.75) is 31.1 Å². The molecule has 0 N–H and O–H groups in total. The van der Waals surface area contributed by atoms with Crippen LogP contribution in [0.3, 0.4) is 0 Å². The lowest BCUT2D eigenvalue weighted by atomic mass is 10.0. The molecule has 1 amide bonds. The fourth-order valence-corrected chi connectivity index (χ4v) is 3.08. The summed E-state index contributed by atoms with van der Waals surface area (Å²) in [6.07, 6.45) is 2.68. The lowest BCUT2D eigenvalue weighted by molar-refractivity contribution is 0.0791. The topological polar surface area (TPSA) is 54.5 Å². The Hall–Kier alpha value is -1.07. The minimum Gasteiger partial charge on any atom is -0.339 e. The smallest absolute Gasteiger partial charge is 0.261 e. The first-order chi connectivity index (χ1) is 8.93. The van der Waals surface area contributed by atoms with Crippen LogP contribution in [-0.4, -0.2) is 32.3 Å². The Kier molecular flexibility index (Phi) is 4.16. The van der Waals surface area contributed by atoms with Crippen molar-refractivity contribution in [1.82, 2.24) is 4.90 Å². The van der Waals surface area contributed by atoms with Crippen molar-refractivity contribution >= 4 is 25.6 Å². The minimum atomic E-state index is -3.81. The summed E-state index contributed by atoms with van der Waals surface area (Å²) in [4.78, 5) is 14.1. The van der Waals surface area contributed by atoms with Gasteiger partial charge in [0.2, 0.25) is 0 Å². The van der Waals surface area contributed by atoms with Crippen LogP contribution in [0.1, 0.15) is 35.7 Å². The van der Waals surface area contributed by atoms with Crippen molar-refractivity contribution in [3.05, 3.63) is 29.3 Å². The third kappa shape index (κ3) is 3.09. The van der Waals surface area contributed by atoms with Crippen molar-refractivity contribution < 1.29 is 13.2 Å². The number of aryl methyl sites for hydroxylation is 1. The normalized spacial score (nSPS) is 15.8. The van der Waals surface area contributed by atoms with Gasteiger partial charge in [0.15, 0.2) is 0 Å². The number of carbonyl (C=O) groups is 1. The molecule has 0 spiro atoms. The van der Waals surface area contributed by atoms with Gasteiger partial charge in [-0.3, -0.25) is 4.79 Å². The summed E-state index contributed by atoms with van der Waals surface area (Å²) >= 11 is 0. The summed E-state index contributed by atoms with van der Waals surface area (Å²) in [5.74, 6) is -0.100. The molecule has 1 aliphatic heterocycles. The molecule has 0 atom stereocenters. The molecule has 6 heteroatoms. The molecule has 1 heterocycles. The van der Waals surface area contributed by atoms with E-state index < -0.39 is 9.05 Å². The first kappa shape index (κ1) is 14.3. The predicted octanol–water partition coefficient (Wildman–Crippen LogP) is 2.41. The average Bonchev–Trinajstić information content (AvgIpc) is 2.90. The van der Waals surface area contributed by atoms with Gasteiger partial charge in [-0.25, -0.2) is 8.42 Å². The molecule has 0 unspecified atom stereocenters. The van der Waals surface area contributed by atoms with Gasteiger partial charge in [-0.2, -0.15) is 0 Å². The summed E-state index contributed by atoms with van der Waals surface area (Å²) < 4.78 is 22.7. The number of hydrogen-bond acceptors (Lipinski definition) is 3. The fourth-order valence-electron chi connectivity index (χ4n) is 2.31. The van der Waals surface area contributed by atoms with E-state index in [1.807, 2.05) is 6.92 Å². The third-order valence-electron chi connectivity index (χ3n) is 3.37. The number of hydrogen-bond donors (Lipinski definition) is 0. The number of halogens is 1. The SMILES string of the molecule is CCc1ccc(S(=O)(=O)Cl)cc1C(=O)N1CCCC1. The highest BCUT2D eigenvalue weighted by molar-refractivity contribution is 8.13. The van der Waals surface area contributed by atoms with E-state index in [1.54, 1.807) is 11.0 Å². The number of nitrogens with zero attached hydrogens (tertiary/aromatic N) is 1. The second-order valence-corrected chi connectivity index (χ2v) is 7.18. The van der Waals surface area contributed by atoms with E-state index in [0.29, 0.717) is 12.0 Å². The molecule has 1 aromatic rings. The largest absolute Gasteiger partial charge is 0.339 e. The van der Waals surface area contributed by atoms with Crippen LogP contribution in [0, 0.1) is 0 Å². The summed E-state index contributed by atoms with van der Waals surface area (Å²) in [7, 11) is 1.53. The van der Waals surface area contributed by atoms with Crippen molar-refractivity contribution in [3.8, 4) is 0 Å². The Morgan fingerprint density at radius 1 is 1.32 bits per heavy atom. The predicted molar refractivity (Wildman–Crippen MR) is 74.0 cm³/mol. The van der Waals surface area contributed by atoms with Crippen molar-refractivity contribution in [2.24, 2.45) is 0 Å². The second-order valence-electron chi connectivity index (χ2n) is 4.61. The molecule has 0 bridgehead atoms. The lowest BCUT2D eigenvalue weighted by Crippen LogP contribution is -2.28. The summed E-state index contributed by atoms with van der Waals surface area (Å²) in [6.45, 7) is 3.41. The van der Waals surface area contributed by atoms with Gasteiger partial charge < -0.3 is 4.90 Å². The molecule has 2 rings (SSSR count). The summed E-state index contributed by atoms with van der Waals surface area (Å²) in [5, 5.41) is 0. The van der Waals surface area contributed by atoms with E-state index in [-0.39, 0.29) is 10.8 Å². The monoisotopic (exact) mass is 301 g/mol. The van der Waals surface area contributed by atoms with Gasteiger partial charge in [-0.15, -0.1) is 0 Å². The maximum atomic E-state index is 12.4. The van der Waals surface area contributed by atoms with Gasteiger partial charge in [-0.05, 0) is 37.0 Å². The first-order valence-corrected chi connectivity index (χ1v) is 8.61. The molecular weight excluding hydrogens is 286 g/mol. The van der Waals surface area contributed by atoms with Crippen LogP contribution < -0.4 is 0 Å². The molecule has 19 heavy (non-hydrogen) atoms. The minimum absolute atomic E-state index is 0.0195. The third-order valence-corrected chi connectivity index (χ3v) is 4.72. The molecular formula is C13H16ClNO3S. The molecule has 4 nitrogen and oxygen atoms in total. The molecule has 1 aromatic carbocycles. The average molecular weight is 302 g/mol. The van der Waals surface area contributed by atoms with E-state index >= 15 is 0 Å². The van der Waals surface area contributed by atoms with E-state index in [2.05, 4.69) is 0 Å².